The number of benzene rings is 1. The average Bonchev–Trinajstić information content (AvgIpc) is 2.80. The van der Waals surface area contributed by atoms with Gasteiger partial charge in [-0.2, -0.15) is 0 Å². The molecular weight excluding hydrogens is 282 g/mol. The highest BCUT2D eigenvalue weighted by Gasteiger charge is 2.29. The van der Waals surface area contributed by atoms with Crippen LogP contribution in [0.5, 0.6) is 5.75 Å². The molecule has 1 saturated carbocycles. The van der Waals surface area contributed by atoms with Crippen LogP contribution in [0.3, 0.4) is 0 Å². The molecule has 1 aliphatic rings. The van der Waals surface area contributed by atoms with E-state index < -0.39 is 5.97 Å². The molecule has 5 nitrogen and oxygen atoms in total. The second-order valence-electron chi connectivity index (χ2n) is 5.82. The molecule has 0 bridgehead atoms. The van der Waals surface area contributed by atoms with Gasteiger partial charge in [-0.15, -0.1) is 0 Å². The smallest absolute Gasteiger partial charge is 0.352 e. The van der Waals surface area contributed by atoms with Crippen LogP contribution in [-0.4, -0.2) is 28.5 Å². The van der Waals surface area contributed by atoms with Gasteiger partial charge in [0.05, 0.1) is 7.11 Å². The standard InChI is InChI=1S/C17H19NO4/c1-18-14-8-7-12(22-2)9-13(14)15(16(18)17(20)21)10-3-5-11(19)6-4-10/h7-10H,3-6H2,1-2H3,(H,20,21). The summed E-state index contributed by atoms with van der Waals surface area (Å²) in [7, 11) is 3.37. The second-order valence-corrected chi connectivity index (χ2v) is 5.82. The largest absolute Gasteiger partial charge is 0.497 e. The Labute approximate surface area is 128 Å². The minimum Gasteiger partial charge on any atom is -0.497 e. The molecule has 1 aromatic heterocycles. The number of aromatic nitrogens is 1. The lowest BCUT2D eigenvalue weighted by atomic mass is 9.82. The summed E-state index contributed by atoms with van der Waals surface area (Å²) >= 11 is 0. The van der Waals surface area contributed by atoms with Crippen molar-refractivity contribution in [2.45, 2.75) is 31.6 Å². The summed E-state index contributed by atoms with van der Waals surface area (Å²) in [5.41, 5.74) is 2.05. The number of carbonyl (C=O) groups excluding carboxylic acids is 1. The van der Waals surface area contributed by atoms with E-state index in [2.05, 4.69) is 0 Å². The van der Waals surface area contributed by atoms with E-state index in [1.807, 2.05) is 18.2 Å². The van der Waals surface area contributed by atoms with Crippen molar-refractivity contribution >= 4 is 22.7 Å². The predicted octanol–water partition coefficient (Wildman–Crippen LogP) is 3.11. The maximum Gasteiger partial charge on any atom is 0.352 e. The topological polar surface area (TPSA) is 68.5 Å². The molecule has 0 aliphatic heterocycles. The monoisotopic (exact) mass is 301 g/mol. The maximum absolute atomic E-state index is 11.8. The molecule has 1 N–H and O–H groups in total. The highest BCUT2D eigenvalue weighted by molar-refractivity contribution is 5.99. The molecule has 0 atom stereocenters. The zero-order valence-corrected chi connectivity index (χ0v) is 12.8. The van der Waals surface area contributed by atoms with Crippen molar-refractivity contribution in [1.29, 1.82) is 0 Å². The molecule has 5 heteroatoms. The van der Waals surface area contributed by atoms with Gasteiger partial charge in [-0.3, -0.25) is 4.79 Å². The summed E-state index contributed by atoms with van der Waals surface area (Å²) in [6, 6.07) is 5.62. The number of carboxylic acid groups (broad SMARTS) is 1. The molecule has 0 spiro atoms. The van der Waals surface area contributed by atoms with E-state index in [-0.39, 0.29) is 11.7 Å². The third-order valence-corrected chi connectivity index (χ3v) is 4.60. The SMILES string of the molecule is COc1ccc2c(c1)c(C1CCC(=O)CC1)c(C(=O)O)n2C. The Morgan fingerprint density at radius 1 is 1.32 bits per heavy atom. The number of ether oxygens (including phenoxy) is 1. The highest BCUT2D eigenvalue weighted by atomic mass is 16.5. The van der Waals surface area contributed by atoms with E-state index in [9.17, 15) is 14.7 Å². The fourth-order valence-corrected chi connectivity index (χ4v) is 3.48. The summed E-state index contributed by atoms with van der Waals surface area (Å²) in [6.07, 6.45) is 2.50. The van der Waals surface area contributed by atoms with E-state index >= 15 is 0 Å². The number of rotatable bonds is 3. The third kappa shape index (κ3) is 2.26. The Morgan fingerprint density at radius 3 is 2.59 bits per heavy atom. The van der Waals surface area contributed by atoms with Gasteiger partial charge in [0.15, 0.2) is 0 Å². The van der Waals surface area contributed by atoms with Crippen molar-refractivity contribution in [2.75, 3.05) is 7.11 Å². The van der Waals surface area contributed by atoms with Gasteiger partial charge in [0.25, 0.3) is 0 Å². The van der Waals surface area contributed by atoms with Gasteiger partial charge < -0.3 is 14.4 Å². The lowest BCUT2D eigenvalue weighted by Crippen LogP contribution is -2.16. The van der Waals surface area contributed by atoms with Crippen molar-refractivity contribution < 1.29 is 19.4 Å². The molecular formula is C17H19NO4. The summed E-state index contributed by atoms with van der Waals surface area (Å²) in [4.78, 5) is 23.2. The van der Waals surface area contributed by atoms with Crippen LogP contribution in [0.2, 0.25) is 0 Å². The normalized spacial score (nSPS) is 16.2. The van der Waals surface area contributed by atoms with Crippen LogP contribution in [0.25, 0.3) is 10.9 Å². The zero-order chi connectivity index (χ0) is 15.9. The molecule has 116 valence electrons. The quantitative estimate of drug-likeness (QED) is 0.945. The third-order valence-electron chi connectivity index (χ3n) is 4.60. The van der Waals surface area contributed by atoms with Gasteiger partial charge >= 0.3 is 5.97 Å². The molecule has 1 aromatic carbocycles. The lowest BCUT2D eigenvalue weighted by molar-refractivity contribution is -0.120. The number of Topliss-reactive ketones (excluding diaryl/α,β-unsaturated/α-hetero) is 1. The van der Waals surface area contributed by atoms with Crippen molar-refractivity contribution in [3.8, 4) is 5.75 Å². The zero-order valence-electron chi connectivity index (χ0n) is 12.8. The number of hydrogen-bond donors (Lipinski definition) is 1. The van der Waals surface area contributed by atoms with Crippen LogP contribution in [0.15, 0.2) is 18.2 Å². The van der Waals surface area contributed by atoms with Crippen LogP contribution < -0.4 is 4.74 Å². The number of nitrogens with zero attached hydrogens (tertiary/aromatic N) is 1. The number of carbonyl (C=O) groups is 2. The van der Waals surface area contributed by atoms with Gasteiger partial charge in [-0.05, 0) is 42.5 Å². The molecule has 0 unspecified atom stereocenters. The van der Waals surface area contributed by atoms with Crippen LogP contribution in [-0.2, 0) is 11.8 Å². The molecule has 0 saturated heterocycles. The molecule has 3 rings (SSSR count). The van der Waals surface area contributed by atoms with Crippen molar-refractivity contribution in [1.82, 2.24) is 4.57 Å². The molecule has 2 aromatic rings. The first kappa shape index (κ1) is 14.6. The number of methoxy groups -OCH3 is 1. The first-order chi connectivity index (χ1) is 10.5. The maximum atomic E-state index is 11.8. The molecule has 1 fully saturated rings. The fourth-order valence-electron chi connectivity index (χ4n) is 3.48. The van der Waals surface area contributed by atoms with Gasteiger partial charge in [0.2, 0.25) is 0 Å². The van der Waals surface area contributed by atoms with Crippen molar-refractivity contribution in [3.63, 3.8) is 0 Å². The van der Waals surface area contributed by atoms with Crippen LogP contribution in [0.1, 0.15) is 47.7 Å². The van der Waals surface area contributed by atoms with E-state index in [0.29, 0.717) is 24.3 Å². The number of fused-ring (bicyclic) bond motifs is 1. The van der Waals surface area contributed by atoms with Crippen LogP contribution in [0.4, 0.5) is 0 Å². The van der Waals surface area contributed by atoms with Gasteiger partial charge in [0.1, 0.15) is 17.2 Å². The number of ketones is 1. The highest BCUT2D eigenvalue weighted by Crippen LogP contribution is 2.40. The molecule has 1 aliphatic carbocycles. The Morgan fingerprint density at radius 2 is 2.00 bits per heavy atom. The Bertz CT molecular complexity index is 750. The number of carboxylic acids is 1. The van der Waals surface area contributed by atoms with E-state index in [0.717, 1.165) is 29.3 Å². The summed E-state index contributed by atoms with van der Waals surface area (Å²) in [5.74, 6) is 0.165. The van der Waals surface area contributed by atoms with Crippen molar-refractivity contribution in [2.24, 2.45) is 7.05 Å². The molecule has 22 heavy (non-hydrogen) atoms. The minimum absolute atomic E-state index is 0.111. The summed E-state index contributed by atoms with van der Waals surface area (Å²) in [6.45, 7) is 0. The first-order valence-corrected chi connectivity index (χ1v) is 7.44. The molecule has 0 radical (unpaired) electrons. The average molecular weight is 301 g/mol. The van der Waals surface area contributed by atoms with E-state index in [4.69, 9.17) is 4.74 Å². The van der Waals surface area contributed by atoms with Gasteiger partial charge in [0, 0.05) is 30.8 Å². The number of hydrogen-bond acceptors (Lipinski definition) is 3. The van der Waals surface area contributed by atoms with Gasteiger partial charge in [-0.25, -0.2) is 4.79 Å². The molecule has 1 heterocycles. The number of aromatic carboxylic acids is 1. The van der Waals surface area contributed by atoms with Gasteiger partial charge in [-0.1, -0.05) is 0 Å². The van der Waals surface area contributed by atoms with E-state index in [1.54, 1.807) is 18.7 Å². The van der Waals surface area contributed by atoms with Crippen molar-refractivity contribution in [3.05, 3.63) is 29.5 Å². The lowest BCUT2D eigenvalue weighted by Gasteiger charge is -2.21. The Balaban J connectivity index is 2.22. The number of aryl methyl sites for hydroxylation is 1. The Kier molecular flexibility index (Phi) is 3.64. The minimum atomic E-state index is -0.926. The second kappa shape index (κ2) is 5.48. The Hall–Kier alpha value is -2.30. The van der Waals surface area contributed by atoms with Crippen LogP contribution >= 0.6 is 0 Å². The predicted molar refractivity (Wildman–Crippen MR) is 82.6 cm³/mol. The summed E-state index contributed by atoms with van der Waals surface area (Å²) in [5, 5.41) is 10.6. The fraction of sp³-hybridized carbons (Fsp3) is 0.412. The molecule has 0 amide bonds. The van der Waals surface area contributed by atoms with Crippen LogP contribution in [0, 0.1) is 0 Å². The first-order valence-electron chi connectivity index (χ1n) is 7.44. The van der Waals surface area contributed by atoms with E-state index in [1.165, 1.54) is 0 Å². The summed E-state index contributed by atoms with van der Waals surface area (Å²) < 4.78 is 7.01.